The van der Waals surface area contributed by atoms with E-state index in [-0.39, 0.29) is 0 Å². The molecule has 1 atom stereocenters. The van der Waals surface area contributed by atoms with Gasteiger partial charge in [0.2, 0.25) is 0 Å². The van der Waals surface area contributed by atoms with Crippen LogP contribution in [-0.2, 0) is 4.79 Å². The van der Waals surface area contributed by atoms with Crippen molar-refractivity contribution in [1.29, 1.82) is 0 Å². The first-order valence-electron chi connectivity index (χ1n) is 4.55. The van der Waals surface area contributed by atoms with Crippen LogP contribution >= 0.6 is 0 Å². The highest BCUT2D eigenvalue weighted by atomic mass is 16.1. The molecule has 12 heavy (non-hydrogen) atoms. The van der Waals surface area contributed by atoms with E-state index in [0.29, 0.717) is 30.6 Å². The molecular formula is C10H17NO. The number of carbonyl (C=O) groups excluding carboxylic acids is 1. The van der Waals surface area contributed by atoms with E-state index >= 15 is 0 Å². The highest BCUT2D eigenvalue weighted by Gasteiger charge is 2.26. The van der Waals surface area contributed by atoms with Crippen LogP contribution in [0, 0.1) is 5.92 Å². The summed E-state index contributed by atoms with van der Waals surface area (Å²) in [7, 11) is 0. The maximum atomic E-state index is 11.2. The molecule has 0 radical (unpaired) electrons. The summed E-state index contributed by atoms with van der Waals surface area (Å²) in [6.45, 7) is 8.91. The van der Waals surface area contributed by atoms with Crippen molar-refractivity contribution in [2.24, 2.45) is 5.92 Å². The third-order valence-corrected chi connectivity index (χ3v) is 2.52. The third-order valence-electron chi connectivity index (χ3n) is 2.52. The van der Waals surface area contributed by atoms with Crippen LogP contribution in [0.3, 0.4) is 0 Å². The fourth-order valence-electron chi connectivity index (χ4n) is 1.72. The first-order chi connectivity index (χ1) is 5.65. The maximum absolute atomic E-state index is 11.2. The van der Waals surface area contributed by atoms with Gasteiger partial charge in [-0.3, -0.25) is 4.79 Å². The Morgan fingerprint density at radius 2 is 2.33 bits per heavy atom. The number of nitrogens with zero attached hydrogens (tertiary/aromatic N) is 1. The predicted octanol–water partition coefficient (Wildman–Crippen LogP) is 1.82. The van der Waals surface area contributed by atoms with Crippen molar-refractivity contribution in [3.05, 3.63) is 12.8 Å². The Hall–Kier alpha value is -0.790. The number of ketones is 1. The Balaban J connectivity index is 2.63. The van der Waals surface area contributed by atoms with Crippen molar-refractivity contribution in [3.63, 3.8) is 0 Å². The van der Waals surface area contributed by atoms with Gasteiger partial charge in [0.05, 0.1) is 0 Å². The fraction of sp³-hybridized carbons (Fsp3) is 0.700. The molecule has 0 aromatic heterocycles. The number of Topliss-reactive ketones (excluding diaryl/α,β-unsaturated/α-hetero) is 1. The molecule has 0 amide bonds. The van der Waals surface area contributed by atoms with E-state index < -0.39 is 0 Å². The highest BCUT2D eigenvalue weighted by molar-refractivity contribution is 5.80. The molecule has 1 heterocycles. The Labute approximate surface area is 74.2 Å². The summed E-state index contributed by atoms with van der Waals surface area (Å²) in [5, 5.41) is 0. The molecule has 0 aromatic carbocycles. The summed E-state index contributed by atoms with van der Waals surface area (Å²) >= 11 is 0. The van der Waals surface area contributed by atoms with Gasteiger partial charge in [-0.05, 0) is 12.1 Å². The second-order valence-corrected chi connectivity index (χ2v) is 3.72. The lowest BCUT2D eigenvalue weighted by Gasteiger charge is -2.36. The molecule has 0 bridgehead atoms. The molecule has 1 aliphatic rings. The number of piperidine rings is 1. The zero-order chi connectivity index (χ0) is 9.14. The molecule has 0 aliphatic carbocycles. The molecule has 68 valence electrons. The van der Waals surface area contributed by atoms with Crippen molar-refractivity contribution >= 4 is 5.78 Å². The Morgan fingerprint density at radius 1 is 1.67 bits per heavy atom. The molecule has 0 aromatic rings. The SMILES string of the molecule is C=CN1CCC(=O)CC1C(C)C. The van der Waals surface area contributed by atoms with E-state index in [0.717, 1.165) is 6.54 Å². The summed E-state index contributed by atoms with van der Waals surface area (Å²) in [5.41, 5.74) is 0. The molecule has 0 N–H and O–H groups in total. The van der Waals surface area contributed by atoms with E-state index in [1.165, 1.54) is 0 Å². The number of rotatable bonds is 2. The van der Waals surface area contributed by atoms with Crippen LogP contribution in [0.15, 0.2) is 12.8 Å². The summed E-state index contributed by atoms with van der Waals surface area (Å²) in [5.74, 6) is 0.930. The summed E-state index contributed by atoms with van der Waals surface area (Å²) < 4.78 is 0. The molecular weight excluding hydrogens is 150 g/mol. The molecule has 1 aliphatic heterocycles. The van der Waals surface area contributed by atoms with Gasteiger partial charge in [-0.15, -0.1) is 0 Å². The first-order valence-corrected chi connectivity index (χ1v) is 4.55. The first kappa shape index (κ1) is 9.30. The van der Waals surface area contributed by atoms with E-state index in [9.17, 15) is 4.79 Å². The van der Waals surface area contributed by atoms with E-state index in [4.69, 9.17) is 0 Å². The van der Waals surface area contributed by atoms with Crippen molar-refractivity contribution in [3.8, 4) is 0 Å². The monoisotopic (exact) mass is 167 g/mol. The average molecular weight is 167 g/mol. The molecule has 1 unspecified atom stereocenters. The Kier molecular flexibility index (Phi) is 2.90. The van der Waals surface area contributed by atoms with Crippen molar-refractivity contribution in [1.82, 2.24) is 4.90 Å². The van der Waals surface area contributed by atoms with Gasteiger partial charge in [0, 0.05) is 25.4 Å². The van der Waals surface area contributed by atoms with Crippen molar-refractivity contribution in [2.45, 2.75) is 32.7 Å². The van der Waals surface area contributed by atoms with Gasteiger partial charge in [0.15, 0.2) is 0 Å². The second kappa shape index (κ2) is 3.74. The smallest absolute Gasteiger partial charge is 0.136 e. The van der Waals surface area contributed by atoms with Crippen molar-refractivity contribution in [2.75, 3.05) is 6.54 Å². The lowest BCUT2D eigenvalue weighted by atomic mass is 9.92. The van der Waals surface area contributed by atoms with Gasteiger partial charge in [0.1, 0.15) is 5.78 Å². The van der Waals surface area contributed by atoms with Crippen LogP contribution in [0.5, 0.6) is 0 Å². The van der Waals surface area contributed by atoms with Gasteiger partial charge < -0.3 is 4.90 Å². The lowest BCUT2D eigenvalue weighted by Crippen LogP contribution is -2.42. The van der Waals surface area contributed by atoms with Gasteiger partial charge in [-0.25, -0.2) is 0 Å². The largest absolute Gasteiger partial charge is 0.374 e. The number of hydrogen-bond acceptors (Lipinski definition) is 2. The highest BCUT2D eigenvalue weighted by Crippen LogP contribution is 2.20. The van der Waals surface area contributed by atoms with Crippen LogP contribution < -0.4 is 0 Å². The zero-order valence-electron chi connectivity index (χ0n) is 7.92. The van der Waals surface area contributed by atoms with E-state index in [1.807, 2.05) is 6.20 Å². The molecule has 1 rings (SSSR count). The van der Waals surface area contributed by atoms with Crippen LogP contribution in [0.4, 0.5) is 0 Å². The lowest BCUT2D eigenvalue weighted by molar-refractivity contribution is -0.123. The topological polar surface area (TPSA) is 20.3 Å². The third kappa shape index (κ3) is 1.87. The number of likely N-dealkylation sites (tertiary alicyclic amines) is 1. The van der Waals surface area contributed by atoms with Crippen LogP contribution in [0.25, 0.3) is 0 Å². The zero-order valence-corrected chi connectivity index (χ0v) is 7.92. The minimum Gasteiger partial charge on any atom is -0.374 e. The normalized spacial score (nSPS) is 24.8. The minimum atomic E-state index is 0.378. The molecule has 1 saturated heterocycles. The molecule has 1 fully saturated rings. The van der Waals surface area contributed by atoms with Crippen LogP contribution in [-0.4, -0.2) is 23.3 Å². The Morgan fingerprint density at radius 3 is 2.83 bits per heavy atom. The van der Waals surface area contributed by atoms with E-state index in [1.54, 1.807) is 0 Å². The van der Waals surface area contributed by atoms with Crippen LogP contribution in [0.1, 0.15) is 26.7 Å². The van der Waals surface area contributed by atoms with Gasteiger partial charge in [-0.1, -0.05) is 20.4 Å². The molecule has 2 heteroatoms. The van der Waals surface area contributed by atoms with Gasteiger partial charge in [0.25, 0.3) is 0 Å². The molecule has 2 nitrogen and oxygen atoms in total. The van der Waals surface area contributed by atoms with Crippen molar-refractivity contribution < 1.29 is 4.79 Å². The fourth-order valence-corrected chi connectivity index (χ4v) is 1.72. The van der Waals surface area contributed by atoms with Gasteiger partial charge >= 0.3 is 0 Å². The number of hydrogen-bond donors (Lipinski definition) is 0. The molecule has 0 saturated carbocycles. The molecule has 0 spiro atoms. The summed E-state index contributed by atoms with van der Waals surface area (Å²) in [6, 6.07) is 0.378. The summed E-state index contributed by atoms with van der Waals surface area (Å²) in [4.78, 5) is 13.4. The van der Waals surface area contributed by atoms with E-state index in [2.05, 4.69) is 25.3 Å². The van der Waals surface area contributed by atoms with Gasteiger partial charge in [-0.2, -0.15) is 0 Å². The minimum absolute atomic E-state index is 0.378. The predicted molar refractivity (Wildman–Crippen MR) is 49.8 cm³/mol. The average Bonchev–Trinajstić information content (AvgIpc) is 2.04. The Bertz CT molecular complexity index is 186. The maximum Gasteiger partial charge on any atom is 0.136 e. The van der Waals surface area contributed by atoms with Crippen LogP contribution in [0.2, 0.25) is 0 Å². The standard InChI is InChI=1S/C10H17NO/c1-4-11-6-5-9(12)7-10(11)8(2)3/h4,8,10H,1,5-7H2,2-3H3. The number of carbonyl (C=O) groups is 1. The summed E-state index contributed by atoms with van der Waals surface area (Å²) in [6.07, 6.45) is 3.25. The second-order valence-electron chi connectivity index (χ2n) is 3.72. The quantitative estimate of drug-likeness (QED) is 0.625.